The summed E-state index contributed by atoms with van der Waals surface area (Å²) in [5, 5.41) is 10.8. The number of benzene rings is 1. The van der Waals surface area contributed by atoms with Crippen molar-refractivity contribution in [3.63, 3.8) is 0 Å². The van der Waals surface area contributed by atoms with Crippen molar-refractivity contribution in [2.24, 2.45) is 0 Å². The molecule has 0 N–H and O–H groups in total. The molecule has 0 aliphatic carbocycles. The predicted octanol–water partition coefficient (Wildman–Crippen LogP) is 3.11. The van der Waals surface area contributed by atoms with Gasteiger partial charge >= 0.3 is 0 Å². The molecule has 25 heavy (non-hydrogen) atoms. The number of nitriles is 1. The number of fused-ring (bicyclic) bond motifs is 1. The Morgan fingerprint density at radius 1 is 1.20 bits per heavy atom. The lowest BCUT2D eigenvalue weighted by atomic mass is 9.91. The number of pyridine rings is 1. The van der Waals surface area contributed by atoms with Crippen LogP contribution in [0, 0.1) is 25.2 Å². The highest BCUT2D eigenvalue weighted by Crippen LogP contribution is 2.36. The topological polar surface area (TPSA) is 58.4 Å². The molecule has 4 rings (SSSR count). The van der Waals surface area contributed by atoms with Crippen LogP contribution in [0.3, 0.4) is 0 Å². The second-order valence-electron chi connectivity index (χ2n) is 7.18. The molecule has 1 aromatic heterocycles. The molecule has 1 spiro atoms. The second kappa shape index (κ2) is 6.29. The van der Waals surface area contributed by atoms with Gasteiger partial charge in [0.15, 0.2) is 0 Å². The van der Waals surface area contributed by atoms with Crippen molar-refractivity contribution in [3.05, 3.63) is 35.0 Å². The Hall–Kier alpha value is -2.16. The smallest absolute Gasteiger partial charge is 0.103 e. The summed E-state index contributed by atoms with van der Waals surface area (Å²) in [5.74, 6) is 0. The molecular weight excluding hydrogens is 314 g/mol. The predicted molar refractivity (Wildman–Crippen MR) is 96.9 cm³/mol. The van der Waals surface area contributed by atoms with E-state index in [1.54, 1.807) is 6.20 Å². The number of aromatic nitrogens is 1. The Bertz CT molecular complexity index is 845. The summed E-state index contributed by atoms with van der Waals surface area (Å²) in [4.78, 5) is 6.88. The van der Waals surface area contributed by atoms with Gasteiger partial charge in [-0.15, -0.1) is 0 Å². The lowest BCUT2D eigenvalue weighted by Gasteiger charge is -2.46. The molecule has 0 amide bonds. The Kier molecular flexibility index (Phi) is 4.10. The van der Waals surface area contributed by atoms with Crippen LogP contribution < -0.4 is 4.90 Å². The molecule has 130 valence electrons. The van der Waals surface area contributed by atoms with Crippen molar-refractivity contribution in [1.82, 2.24) is 4.98 Å². The van der Waals surface area contributed by atoms with Crippen LogP contribution in [0.25, 0.3) is 10.9 Å². The van der Waals surface area contributed by atoms with Gasteiger partial charge in [-0.05, 0) is 25.5 Å². The molecule has 1 aromatic carbocycles. The summed E-state index contributed by atoms with van der Waals surface area (Å²) in [7, 11) is 0. The molecule has 5 heteroatoms. The zero-order valence-corrected chi connectivity index (χ0v) is 14.8. The number of ether oxygens (including phenoxy) is 2. The molecule has 2 fully saturated rings. The van der Waals surface area contributed by atoms with Crippen LogP contribution in [-0.2, 0) is 9.47 Å². The maximum atomic E-state index is 9.68. The van der Waals surface area contributed by atoms with Gasteiger partial charge in [-0.2, -0.15) is 5.26 Å². The van der Waals surface area contributed by atoms with Crippen molar-refractivity contribution < 1.29 is 9.47 Å². The number of nitrogens with zero attached hydrogens (tertiary/aromatic N) is 3. The second-order valence-corrected chi connectivity index (χ2v) is 7.18. The van der Waals surface area contributed by atoms with Crippen molar-refractivity contribution in [3.8, 4) is 6.07 Å². The summed E-state index contributed by atoms with van der Waals surface area (Å²) >= 11 is 0. The first-order valence-corrected chi connectivity index (χ1v) is 8.89. The average molecular weight is 337 g/mol. The van der Waals surface area contributed by atoms with Crippen molar-refractivity contribution in [2.75, 3.05) is 37.8 Å². The first-order valence-electron chi connectivity index (χ1n) is 8.89. The van der Waals surface area contributed by atoms with Crippen LogP contribution in [0.5, 0.6) is 0 Å². The number of aryl methyl sites for hydroxylation is 2. The van der Waals surface area contributed by atoms with Gasteiger partial charge < -0.3 is 14.4 Å². The average Bonchev–Trinajstić information content (AvgIpc) is 2.61. The monoisotopic (exact) mass is 337 g/mol. The van der Waals surface area contributed by atoms with E-state index in [9.17, 15) is 5.26 Å². The van der Waals surface area contributed by atoms with Crippen molar-refractivity contribution in [2.45, 2.75) is 32.3 Å². The summed E-state index contributed by atoms with van der Waals surface area (Å²) in [6, 6.07) is 6.64. The zero-order chi connectivity index (χ0) is 17.4. The SMILES string of the molecule is Cc1cc(C)c2ncc(C#N)c(N3CCOC4(CCOCC4)C3)c2c1. The van der Waals surface area contributed by atoms with Gasteiger partial charge in [-0.25, -0.2) is 0 Å². The minimum atomic E-state index is -0.155. The summed E-state index contributed by atoms with van der Waals surface area (Å²) in [6.07, 6.45) is 3.53. The highest BCUT2D eigenvalue weighted by Gasteiger charge is 2.39. The van der Waals surface area contributed by atoms with E-state index in [1.807, 2.05) is 0 Å². The lowest BCUT2D eigenvalue weighted by Crippen LogP contribution is -2.54. The van der Waals surface area contributed by atoms with Gasteiger partial charge in [0.25, 0.3) is 0 Å². The van der Waals surface area contributed by atoms with Crippen molar-refractivity contribution in [1.29, 1.82) is 5.26 Å². The van der Waals surface area contributed by atoms with E-state index in [0.29, 0.717) is 12.2 Å². The van der Waals surface area contributed by atoms with Gasteiger partial charge in [-0.1, -0.05) is 11.6 Å². The van der Waals surface area contributed by atoms with Gasteiger partial charge in [-0.3, -0.25) is 4.98 Å². The minimum absolute atomic E-state index is 0.155. The third kappa shape index (κ3) is 2.86. The fourth-order valence-corrected chi connectivity index (χ4v) is 4.15. The van der Waals surface area contributed by atoms with E-state index in [4.69, 9.17) is 9.47 Å². The van der Waals surface area contributed by atoms with Gasteiger partial charge in [0.2, 0.25) is 0 Å². The molecule has 0 unspecified atom stereocenters. The van der Waals surface area contributed by atoms with E-state index < -0.39 is 0 Å². The Morgan fingerprint density at radius 2 is 2.00 bits per heavy atom. The first kappa shape index (κ1) is 16.3. The fraction of sp³-hybridized carbons (Fsp3) is 0.500. The Balaban J connectivity index is 1.83. The number of hydrogen-bond donors (Lipinski definition) is 0. The van der Waals surface area contributed by atoms with Gasteiger partial charge in [0.05, 0.1) is 29.0 Å². The Labute approximate surface area is 148 Å². The van der Waals surface area contributed by atoms with E-state index in [-0.39, 0.29) is 5.60 Å². The number of rotatable bonds is 1. The maximum absolute atomic E-state index is 9.68. The molecule has 0 bridgehead atoms. The van der Waals surface area contributed by atoms with Gasteiger partial charge in [0.1, 0.15) is 6.07 Å². The van der Waals surface area contributed by atoms with E-state index >= 15 is 0 Å². The summed E-state index contributed by atoms with van der Waals surface area (Å²) < 4.78 is 11.7. The van der Waals surface area contributed by atoms with Crippen LogP contribution >= 0.6 is 0 Å². The highest BCUT2D eigenvalue weighted by atomic mass is 16.5. The minimum Gasteiger partial charge on any atom is -0.381 e. The third-order valence-electron chi connectivity index (χ3n) is 5.37. The molecule has 2 aromatic rings. The summed E-state index contributed by atoms with van der Waals surface area (Å²) in [6.45, 7) is 7.94. The van der Waals surface area contributed by atoms with Crippen LogP contribution in [0.4, 0.5) is 5.69 Å². The fourth-order valence-electron chi connectivity index (χ4n) is 4.15. The molecular formula is C20H23N3O2. The zero-order valence-electron chi connectivity index (χ0n) is 14.8. The molecule has 3 heterocycles. The largest absolute Gasteiger partial charge is 0.381 e. The van der Waals surface area contributed by atoms with E-state index in [2.05, 4.69) is 41.9 Å². The third-order valence-corrected chi connectivity index (χ3v) is 5.37. The first-order chi connectivity index (χ1) is 12.1. The normalized spacial score (nSPS) is 20.0. The van der Waals surface area contributed by atoms with Crippen LogP contribution in [0.2, 0.25) is 0 Å². The van der Waals surface area contributed by atoms with Gasteiger partial charge in [0, 0.05) is 50.7 Å². The number of morpholine rings is 1. The van der Waals surface area contributed by atoms with Crippen LogP contribution in [0.1, 0.15) is 29.5 Å². The quantitative estimate of drug-likeness (QED) is 0.800. The highest BCUT2D eigenvalue weighted by molar-refractivity contribution is 5.96. The van der Waals surface area contributed by atoms with E-state index in [1.165, 1.54) is 5.56 Å². The van der Waals surface area contributed by atoms with Crippen molar-refractivity contribution >= 4 is 16.6 Å². The van der Waals surface area contributed by atoms with Crippen LogP contribution in [0.15, 0.2) is 18.3 Å². The van der Waals surface area contributed by atoms with Crippen LogP contribution in [-0.4, -0.2) is 43.5 Å². The molecule has 5 nitrogen and oxygen atoms in total. The number of anilines is 1. The molecule has 2 saturated heterocycles. The molecule has 0 saturated carbocycles. The molecule has 2 aliphatic rings. The van der Waals surface area contributed by atoms with E-state index in [0.717, 1.165) is 61.3 Å². The standard InChI is InChI=1S/C20H23N3O2/c1-14-9-15(2)18-17(10-14)19(16(11-21)12-22-18)23-5-8-25-20(13-23)3-6-24-7-4-20/h9-10,12H,3-8,13H2,1-2H3. The molecule has 2 aliphatic heterocycles. The molecule has 0 radical (unpaired) electrons. The number of hydrogen-bond acceptors (Lipinski definition) is 5. The molecule has 0 atom stereocenters. The summed E-state index contributed by atoms with van der Waals surface area (Å²) in [5.41, 5.74) is 4.81. The maximum Gasteiger partial charge on any atom is 0.103 e. The Morgan fingerprint density at radius 3 is 2.76 bits per heavy atom. The lowest BCUT2D eigenvalue weighted by molar-refractivity contribution is -0.116.